The third kappa shape index (κ3) is 3.61. The molecule has 0 spiro atoms. The molecule has 0 saturated carbocycles. The minimum Gasteiger partial charge on any atom is -0.454 e. The standard InChI is InChI=1S/C22H18N4O4S2/c1-12-3-6-18-24-19(23-9-13-4-5-15-16(7-13)30-11-29-15)14(20(27)26(18)10-12)8-17-21(28)25(2)22(31)32-17/h3-8,10,23H,9,11H2,1-2H3. The summed E-state index contributed by atoms with van der Waals surface area (Å²) in [7, 11) is 1.62. The maximum Gasteiger partial charge on any atom is 0.267 e. The number of carbonyl (C=O) groups excluding carboxylic acids is 1. The van der Waals surface area contributed by atoms with Crippen LogP contribution in [0.1, 0.15) is 16.7 Å². The van der Waals surface area contributed by atoms with Crippen LogP contribution in [-0.4, -0.2) is 38.4 Å². The highest BCUT2D eigenvalue weighted by molar-refractivity contribution is 8.26. The Balaban J connectivity index is 1.57. The second-order valence-electron chi connectivity index (χ2n) is 7.40. The molecule has 2 aliphatic heterocycles. The summed E-state index contributed by atoms with van der Waals surface area (Å²) in [5.74, 6) is 1.53. The molecule has 0 atom stereocenters. The summed E-state index contributed by atoms with van der Waals surface area (Å²) in [6.45, 7) is 2.51. The number of nitrogens with one attached hydrogen (secondary N) is 1. The largest absolute Gasteiger partial charge is 0.454 e. The molecule has 2 aromatic heterocycles. The summed E-state index contributed by atoms with van der Waals surface area (Å²) < 4.78 is 12.7. The van der Waals surface area contributed by atoms with Crippen molar-refractivity contribution < 1.29 is 14.3 Å². The van der Waals surface area contributed by atoms with Crippen LogP contribution >= 0.6 is 24.0 Å². The number of hydrogen-bond acceptors (Lipinski definition) is 8. The van der Waals surface area contributed by atoms with Crippen LogP contribution in [-0.2, 0) is 11.3 Å². The molecule has 0 bridgehead atoms. The Hall–Kier alpha value is -3.37. The molecule has 0 unspecified atom stereocenters. The Morgan fingerprint density at radius 2 is 2.03 bits per heavy atom. The van der Waals surface area contributed by atoms with E-state index in [2.05, 4.69) is 10.3 Å². The van der Waals surface area contributed by atoms with Gasteiger partial charge >= 0.3 is 0 Å². The molecule has 1 fully saturated rings. The number of hydrogen-bond donors (Lipinski definition) is 1. The van der Waals surface area contributed by atoms with Crippen molar-refractivity contribution in [2.75, 3.05) is 19.2 Å². The maximum absolute atomic E-state index is 13.4. The quantitative estimate of drug-likeness (QED) is 0.464. The number of aromatic nitrogens is 2. The third-order valence-electron chi connectivity index (χ3n) is 5.16. The van der Waals surface area contributed by atoms with E-state index in [1.807, 2.05) is 31.2 Å². The van der Waals surface area contributed by atoms with Crippen LogP contribution in [0.25, 0.3) is 11.7 Å². The molecular formula is C22H18N4O4S2. The molecule has 32 heavy (non-hydrogen) atoms. The average Bonchev–Trinajstić information content (AvgIpc) is 3.34. The number of thioether (sulfide) groups is 1. The molecular weight excluding hydrogens is 448 g/mol. The van der Waals surface area contributed by atoms with E-state index in [1.165, 1.54) is 21.1 Å². The highest BCUT2D eigenvalue weighted by Crippen LogP contribution is 2.33. The van der Waals surface area contributed by atoms with Crippen LogP contribution in [0.15, 0.2) is 46.2 Å². The van der Waals surface area contributed by atoms with Crippen molar-refractivity contribution in [1.82, 2.24) is 14.3 Å². The Kier molecular flexibility index (Phi) is 5.10. The number of nitrogens with zero attached hydrogens (tertiary/aromatic N) is 3. The van der Waals surface area contributed by atoms with Crippen molar-refractivity contribution in [3.63, 3.8) is 0 Å². The van der Waals surface area contributed by atoms with E-state index in [0.29, 0.717) is 44.3 Å². The summed E-state index contributed by atoms with van der Waals surface area (Å²) in [4.78, 5) is 32.3. The first-order valence-electron chi connectivity index (χ1n) is 9.78. The fraction of sp³-hybridized carbons (Fsp3) is 0.182. The number of amides is 1. The number of anilines is 1. The normalized spacial score (nSPS) is 16.4. The molecule has 1 N–H and O–H groups in total. The summed E-state index contributed by atoms with van der Waals surface area (Å²) in [5.41, 5.74) is 2.39. The number of carbonyl (C=O) groups is 1. The molecule has 4 heterocycles. The lowest BCUT2D eigenvalue weighted by Crippen LogP contribution is -2.23. The molecule has 162 valence electrons. The van der Waals surface area contributed by atoms with Crippen LogP contribution in [0.2, 0.25) is 0 Å². The molecule has 8 nitrogen and oxygen atoms in total. The van der Waals surface area contributed by atoms with Gasteiger partial charge in [0.1, 0.15) is 15.8 Å². The number of fused-ring (bicyclic) bond motifs is 2. The number of aryl methyl sites for hydroxylation is 1. The molecule has 0 aliphatic carbocycles. The predicted molar refractivity (Wildman–Crippen MR) is 127 cm³/mol. The Bertz CT molecular complexity index is 1380. The van der Waals surface area contributed by atoms with E-state index >= 15 is 0 Å². The van der Waals surface area contributed by atoms with E-state index in [-0.39, 0.29) is 18.3 Å². The van der Waals surface area contributed by atoms with Crippen molar-refractivity contribution in [2.45, 2.75) is 13.5 Å². The monoisotopic (exact) mass is 466 g/mol. The van der Waals surface area contributed by atoms with Crippen LogP contribution in [0.3, 0.4) is 0 Å². The highest BCUT2D eigenvalue weighted by Gasteiger charge is 2.29. The minimum absolute atomic E-state index is 0.203. The predicted octanol–water partition coefficient (Wildman–Crippen LogP) is 3.17. The smallest absolute Gasteiger partial charge is 0.267 e. The van der Waals surface area contributed by atoms with Gasteiger partial charge in [0.2, 0.25) is 6.79 Å². The topological polar surface area (TPSA) is 85.2 Å². The van der Waals surface area contributed by atoms with Crippen LogP contribution in [0.4, 0.5) is 5.82 Å². The highest BCUT2D eigenvalue weighted by atomic mass is 32.2. The van der Waals surface area contributed by atoms with Gasteiger partial charge in [0.05, 0.1) is 10.5 Å². The van der Waals surface area contributed by atoms with Crippen molar-refractivity contribution in [1.29, 1.82) is 0 Å². The first kappa shape index (κ1) is 20.5. The lowest BCUT2D eigenvalue weighted by Gasteiger charge is -2.12. The van der Waals surface area contributed by atoms with Crippen molar-refractivity contribution >= 4 is 51.7 Å². The summed E-state index contributed by atoms with van der Waals surface area (Å²) in [6, 6.07) is 9.33. The van der Waals surface area contributed by atoms with E-state index in [0.717, 1.165) is 11.1 Å². The number of pyridine rings is 1. The van der Waals surface area contributed by atoms with E-state index < -0.39 is 0 Å². The zero-order valence-electron chi connectivity index (χ0n) is 17.2. The molecule has 1 aromatic carbocycles. The minimum atomic E-state index is -0.270. The van der Waals surface area contributed by atoms with Gasteiger partial charge in [-0.2, -0.15) is 0 Å². The Morgan fingerprint density at radius 1 is 1.22 bits per heavy atom. The SMILES string of the molecule is Cc1ccc2nc(NCc3ccc4c(c3)OCO4)c(C=C3SC(=S)N(C)C3=O)c(=O)n2c1. The van der Waals surface area contributed by atoms with Crippen molar-refractivity contribution in [3.05, 3.63) is 68.5 Å². The second-order valence-corrected chi connectivity index (χ2v) is 9.07. The molecule has 5 rings (SSSR count). The van der Waals surface area contributed by atoms with E-state index in [4.69, 9.17) is 21.7 Å². The number of rotatable bonds is 4. The van der Waals surface area contributed by atoms with Gasteiger partial charge in [-0.1, -0.05) is 36.1 Å². The number of thiocarbonyl (C=S) groups is 1. The van der Waals surface area contributed by atoms with Gasteiger partial charge < -0.3 is 14.8 Å². The third-order valence-corrected chi connectivity index (χ3v) is 6.65. The Labute approximate surface area is 192 Å². The fourth-order valence-electron chi connectivity index (χ4n) is 3.44. The van der Waals surface area contributed by atoms with Gasteiger partial charge in [0, 0.05) is 19.8 Å². The summed E-state index contributed by atoms with van der Waals surface area (Å²) in [6.07, 6.45) is 3.30. The molecule has 0 radical (unpaired) electrons. The Morgan fingerprint density at radius 3 is 2.81 bits per heavy atom. The molecule has 3 aromatic rings. The van der Waals surface area contributed by atoms with Gasteiger partial charge in [-0.3, -0.25) is 18.9 Å². The van der Waals surface area contributed by atoms with Gasteiger partial charge in [0.15, 0.2) is 11.5 Å². The zero-order valence-corrected chi connectivity index (χ0v) is 18.9. The number of benzene rings is 1. The van der Waals surface area contributed by atoms with Gasteiger partial charge in [-0.05, 0) is 42.3 Å². The van der Waals surface area contributed by atoms with Gasteiger partial charge in [0.25, 0.3) is 11.5 Å². The summed E-state index contributed by atoms with van der Waals surface area (Å²) in [5, 5.41) is 3.25. The van der Waals surface area contributed by atoms with Crippen LogP contribution in [0.5, 0.6) is 11.5 Å². The number of likely N-dealkylation sites (N-methyl/N-ethyl adjacent to an activating group) is 1. The van der Waals surface area contributed by atoms with Crippen LogP contribution < -0.4 is 20.3 Å². The lowest BCUT2D eigenvalue weighted by molar-refractivity contribution is -0.121. The molecule has 2 aliphatic rings. The van der Waals surface area contributed by atoms with Gasteiger partial charge in [-0.25, -0.2) is 4.98 Å². The lowest BCUT2D eigenvalue weighted by atomic mass is 10.2. The van der Waals surface area contributed by atoms with Gasteiger partial charge in [-0.15, -0.1) is 0 Å². The molecule has 1 saturated heterocycles. The first-order valence-corrected chi connectivity index (χ1v) is 11.0. The molecule has 1 amide bonds. The maximum atomic E-state index is 13.4. The first-order chi connectivity index (χ1) is 15.4. The second kappa shape index (κ2) is 7.95. The van der Waals surface area contributed by atoms with Crippen molar-refractivity contribution in [2.24, 2.45) is 0 Å². The average molecular weight is 467 g/mol. The van der Waals surface area contributed by atoms with E-state index in [9.17, 15) is 9.59 Å². The number of ether oxygens (including phenoxy) is 2. The summed E-state index contributed by atoms with van der Waals surface area (Å²) >= 11 is 6.38. The van der Waals surface area contributed by atoms with Crippen LogP contribution in [0, 0.1) is 6.92 Å². The molecule has 10 heteroatoms. The van der Waals surface area contributed by atoms with E-state index in [1.54, 1.807) is 25.4 Å². The van der Waals surface area contributed by atoms with Crippen molar-refractivity contribution in [3.8, 4) is 11.5 Å². The fourth-order valence-corrected chi connectivity index (χ4v) is 4.60. The zero-order chi connectivity index (χ0) is 22.4.